The Balaban J connectivity index is 2.12. The lowest BCUT2D eigenvalue weighted by Crippen LogP contribution is -1.98. The molecule has 5 nitrogen and oxygen atoms in total. The number of carbonyl (C=O) groups is 1. The van der Waals surface area contributed by atoms with Crippen LogP contribution in [0.25, 0.3) is 10.9 Å². The fourth-order valence-corrected chi connectivity index (χ4v) is 2.14. The third-order valence-electron chi connectivity index (χ3n) is 3.15. The number of aryl methyl sites for hydroxylation is 1. The molecule has 1 aromatic heterocycles. The van der Waals surface area contributed by atoms with Gasteiger partial charge in [-0.05, 0) is 31.9 Å². The van der Waals surface area contributed by atoms with Gasteiger partial charge in [0.15, 0.2) is 0 Å². The summed E-state index contributed by atoms with van der Waals surface area (Å²) in [5.41, 5.74) is 0.980. The van der Waals surface area contributed by atoms with Crippen molar-refractivity contribution in [2.24, 2.45) is 0 Å². The van der Waals surface area contributed by atoms with Crippen LogP contribution >= 0.6 is 0 Å². The molecule has 2 aromatic rings. The van der Waals surface area contributed by atoms with E-state index in [1.165, 1.54) is 6.07 Å². The number of nitro benzene ring substituents is 1. The molecule has 0 atom stereocenters. The van der Waals surface area contributed by atoms with Crippen molar-refractivity contribution < 1.29 is 9.72 Å². The lowest BCUT2D eigenvalue weighted by Gasteiger charge is -2.04. The van der Waals surface area contributed by atoms with E-state index < -0.39 is 0 Å². The second-order valence-electron chi connectivity index (χ2n) is 4.67. The maximum Gasteiger partial charge on any atom is 0.271 e. The number of ketones is 1. The van der Waals surface area contributed by atoms with Gasteiger partial charge < -0.3 is 9.36 Å². The van der Waals surface area contributed by atoms with Gasteiger partial charge >= 0.3 is 0 Å². The lowest BCUT2D eigenvalue weighted by atomic mass is 10.2. The molecule has 2 rings (SSSR count). The van der Waals surface area contributed by atoms with Gasteiger partial charge in [-0.25, -0.2) is 0 Å². The van der Waals surface area contributed by atoms with Crippen LogP contribution in [0.5, 0.6) is 0 Å². The van der Waals surface area contributed by atoms with E-state index in [0.29, 0.717) is 6.42 Å². The zero-order valence-corrected chi connectivity index (χ0v) is 10.8. The van der Waals surface area contributed by atoms with Crippen molar-refractivity contribution in [3.05, 3.63) is 40.6 Å². The highest BCUT2D eigenvalue weighted by molar-refractivity contribution is 5.82. The van der Waals surface area contributed by atoms with Crippen molar-refractivity contribution in [2.45, 2.75) is 32.7 Å². The van der Waals surface area contributed by atoms with E-state index in [4.69, 9.17) is 0 Å². The molecule has 0 radical (unpaired) electrons. The van der Waals surface area contributed by atoms with Crippen LogP contribution in [-0.2, 0) is 11.3 Å². The quantitative estimate of drug-likeness (QED) is 0.454. The number of aromatic nitrogens is 1. The van der Waals surface area contributed by atoms with E-state index in [0.717, 1.165) is 30.3 Å². The average molecular weight is 260 g/mol. The zero-order chi connectivity index (χ0) is 13.8. The van der Waals surface area contributed by atoms with E-state index in [9.17, 15) is 14.9 Å². The van der Waals surface area contributed by atoms with Crippen LogP contribution in [0.15, 0.2) is 30.5 Å². The molecule has 5 heteroatoms. The number of Topliss-reactive ketones (excluding diaryl/α,β-unsaturated/α-hetero) is 1. The van der Waals surface area contributed by atoms with Gasteiger partial charge in [0.25, 0.3) is 5.69 Å². The number of fused-ring (bicyclic) bond motifs is 1. The maximum atomic E-state index is 10.9. The molecule has 0 amide bonds. The average Bonchev–Trinajstić information content (AvgIpc) is 2.76. The monoisotopic (exact) mass is 260 g/mol. The number of rotatable bonds is 6. The Labute approximate surface area is 111 Å². The smallest absolute Gasteiger partial charge is 0.271 e. The number of carbonyl (C=O) groups excluding carboxylic acids is 1. The minimum atomic E-state index is -0.382. The van der Waals surface area contributed by atoms with Crippen molar-refractivity contribution in [2.75, 3.05) is 0 Å². The van der Waals surface area contributed by atoms with Crippen molar-refractivity contribution in [3.8, 4) is 0 Å². The van der Waals surface area contributed by atoms with Crippen LogP contribution in [0.4, 0.5) is 5.69 Å². The molecule has 1 heterocycles. The molecule has 0 bridgehead atoms. The molecule has 0 saturated heterocycles. The molecular formula is C14H16N2O3. The number of benzene rings is 1. The van der Waals surface area contributed by atoms with Gasteiger partial charge in [0, 0.05) is 36.7 Å². The molecule has 19 heavy (non-hydrogen) atoms. The first-order valence-electron chi connectivity index (χ1n) is 6.30. The molecule has 0 saturated carbocycles. The summed E-state index contributed by atoms with van der Waals surface area (Å²) in [4.78, 5) is 21.2. The Kier molecular flexibility index (Phi) is 3.94. The first-order chi connectivity index (χ1) is 9.08. The molecule has 100 valence electrons. The first kappa shape index (κ1) is 13.3. The zero-order valence-electron chi connectivity index (χ0n) is 10.8. The van der Waals surface area contributed by atoms with Gasteiger partial charge in [-0.15, -0.1) is 0 Å². The molecule has 0 aliphatic heterocycles. The molecule has 0 N–H and O–H groups in total. The Bertz CT molecular complexity index is 616. The predicted octanol–water partition coefficient (Wildman–Crippen LogP) is 3.31. The van der Waals surface area contributed by atoms with E-state index >= 15 is 0 Å². The molecule has 0 aliphatic rings. The second kappa shape index (κ2) is 5.65. The largest absolute Gasteiger partial charge is 0.347 e. The number of nitro groups is 1. The summed E-state index contributed by atoms with van der Waals surface area (Å²) in [6, 6.07) is 6.83. The van der Waals surface area contributed by atoms with Crippen molar-refractivity contribution in [1.82, 2.24) is 4.57 Å². The van der Waals surface area contributed by atoms with Crippen LogP contribution in [0, 0.1) is 10.1 Å². The number of hydrogen-bond acceptors (Lipinski definition) is 3. The highest BCUT2D eigenvalue weighted by Gasteiger charge is 2.08. The third-order valence-corrected chi connectivity index (χ3v) is 3.15. The summed E-state index contributed by atoms with van der Waals surface area (Å²) < 4.78 is 2.00. The lowest BCUT2D eigenvalue weighted by molar-refractivity contribution is -0.384. The molecule has 0 aliphatic carbocycles. The van der Waals surface area contributed by atoms with Crippen LogP contribution in [0.2, 0.25) is 0 Å². The second-order valence-corrected chi connectivity index (χ2v) is 4.67. The summed E-state index contributed by atoms with van der Waals surface area (Å²) in [6.07, 6.45) is 4.28. The Hall–Kier alpha value is -2.17. The first-order valence-corrected chi connectivity index (χ1v) is 6.30. The summed E-state index contributed by atoms with van der Waals surface area (Å²) in [7, 11) is 0. The van der Waals surface area contributed by atoms with E-state index in [2.05, 4.69) is 0 Å². The molecule has 0 spiro atoms. The van der Waals surface area contributed by atoms with Gasteiger partial charge in [0.1, 0.15) is 5.78 Å². The Morgan fingerprint density at radius 3 is 2.79 bits per heavy atom. The van der Waals surface area contributed by atoms with Crippen LogP contribution in [0.1, 0.15) is 26.2 Å². The summed E-state index contributed by atoms with van der Waals surface area (Å²) in [5, 5.41) is 11.8. The van der Waals surface area contributed by atoms with E-state index in [-0.39, 0.29) is 16.4 Å². The number of unbranched alkanes of at least 4 members (excludes halogenated alkanes) is 1. The Morgan fingerprint density at radius 1 is 1.32 bits per heavy atom. The predicted molar refractivity (Wildman–Crippen MR) is 73.1 cm³/mol. The van der Waals surface area contributed by atoms with Crippen LogP contribution in [0.3, 0.4) is 0 Å². The third kappa shape index (κ3) is 3.19. The van der Waals surface area contributed by atoms with E-state index in [1.54, 1.807) is 19.1 Å². The molecule has 0 unspecified atom stereocenters. The SMILES string of the molecule is CC(=O)CCCCn1ccc2ccc([N+](=O)[O-])cc21. The minimum Gasteiger partial charge on any atom is -0.347 e. The van der Waals surface area contributed by atoms with Crippen molar-refractivity contribution in [1.29, 1.82) is 0 Å². The number of non-ortho nitro benzene ring substituents is 1. The number of hydrogen-bond donors (Lipinski definition) is 0. The molecule has 0 fully saturated rings. The summed E-state index contributed by atoms with van der Waals surface area (Å²) in [6.45, 7) is 2.37. The van der Waals surface area contributed by atoms with Gasteiger partial charge in [0.2, 0.25) is 0 Å². The topological polar surface area (TPSA) is 65.1 Å². The Morgan fingerprint density at radius 2 is 2.11 bits per heavy atom. The van der Waals surface area contributed by atoms with Gasteiger partial charge in [0.05, 0.1) is 10.4 Å². The van der Waals surface area contributed by atoms with Crippen molar-refractivity contribution >= 4 is 22.4 Å². The van der Waals surface area contributed by atoms with Gasteiger partial charge in [-0.1, -0.05) is 0 Å². The highest BCUT2D eigenvalue weighted by atomic mass is 16.6. The molecule has 1 aromatic carbocycles. The fraction of sp³-hybridized carbons (Fsp3) is 0.357. The maximum absolute atomic E-state index is 10.9. The van der Waals surface area contributed by atoms with E-state index in [1.807, 2.05) is 16.8 Å². The van der Waals surface area contributed by atoms with Crippen molar-refractivity contribution in [3.63, 3.8) is 0 Å². The normalized spacial score (nSPS) is 10.8. The van der Waals surface area contributed by atoms with Crippen LogP contribution in [-0.4, -0.2) is 15.3 Å². The molecular weight excluding hydrogens is 244 g/mol. The summed E-state index contributed by atoms with van der Waals surface area (Å²) >= 11 is 0. The van der Waals surface area contributed by atoms with Gasteiger partial charge in [-0.3, -0.25) is 10.1 Å². The van der Waals surface area contributed by atoms with Gasteiger partial charge in [-0.2, -0.15) is 0 Å². The minimum absolute atomic E-state index is 0.108. The highest BCUT2D eigenvalue weighted by Crippen LogP contribution is 2.22. The van der Waals surface area contributed by atoms with Crippen LogP contribution < -0.4 is 0 Å². The number of nitrogens with zero attached hydrogens (tertiary/aromatic N) is 2. The summed E-state index contributed by atoms with van der Waals surface area (Å²) in [5.74, 6) is 0.202. The fourth-order valence-electron chi connectivity index (χ4n) is 2.14. The standard InChI is InChI=1S/C14H16N2O3/c1-11(17)4-2-3-8-15-9-7-12-5-6-13(16(18)19)10-14(12)15/h5-7,9-10H,2-4,8H2,1H3.